The molecule has 1 aromatic heterocycles. The third kappa shape index (κ3) is 4.22. The molecule has 0 saturated carbocycles. The van der Waals surface area contributed by atoms with Gasteiger partial charge >= 0.3 is 0 Å². The van der Waals surface area contributed by atoms with Crippen molar-refractivity contribution >= 4 is 36.7 Å². The van der Waals surface area contributed by atoms with E-state index in [9.17, 15) is 8.42 Å². The Morgan fingerprint density at radius 3 is 2.74 bits per heavy atom. The highest BCUT2D eigenvalue weighted by molar-refractivity contribution is 7.89. The van der Waals surface area contributed by atoms with Gasteiger partial charge in [0.25, 0.3) is 0 Å². The Morgan fingerprint density at radius 1 is 1.30 bits per heavy atom. The van der Waals surface area contributed by atoms with Gasteiger partial charge in [0.2, 0.25) is 10.0 Å². The van der Waals surface area contributed by atoms with E-state index in [1.165, 1.54) is 4.70 Å². The maximum atomic E-state index is 11.7. The van der Waals surface area contributed by atoms with E-state index in [1.54, 1.807) is 11.3 Å². The predicted octanol–water partition coefficient (Wildman–Crippen LogP) is 2.84. The van der Waals surface area contributed by atoms with Crippen molar-refractivity contribution in [1.29, 1.82) is 0 Å². The SMILES string of the molecule is CCCS(=O)(=O)NCC1CCN(c2nc3ccccc3s2)CC1. The normalized spacial score (nSPS) is 17.0. The summed E-state index contributed by atoms with van der Waals surface area (Å²) in [6, 6.07) is 8.20. The molecule has 0 spiro atoms. The number of benzene rings is 1. The number of hydrogen-bond acceptors (Lipinski definition) is 5. The molecule has 1 fully saturated rings. The molecule has 3 rings (SSSR count). The van der Waals surface area contributed by atoms with Crippen molar-refractivity contribution in [1.82, 2.24) is 9.71 Å². The maximum Gasteiger partial charge on any atom is 0.211 e. The molecule has 7 heteroatoms. The van der Waals surface area contributed by atoms with Gasteiger partial charge in [0.1, 0.15) is 0 Å². The van der Waals surface area contributed by atoms with Crippen LogP contribution in [0.2, 0.25) is 0 Å². The summed E-state index contributed by atoms with van der Waals surface area (Å²) in [7, 11) is -3.09. The van der Waals surface area contributed by atoms with Gasteiger partial charge in [-0.25, -0.2) is 18.1 Å². The van der Waals surface area contributed by atoms with Gasteiger partial charge in [-0.3, -0.25) is 0 Å². The van der Waals surface area contributed by atoms with Crippen molar-refractivity contribution in [3.05, 3.63) is 24.3 Å². The molecule has 0 bridgehead atoms. The predicted molar refractivity (Wildman–Crippen MR) is 96.6 cm³/mol. The fraction of sp³-hybridized carbons (Fsp3) is 0.562. The van der Waals surface area contributed by atoms with Gasteiger partial charge < -0.3 is 4.90 Å². The Bertz CT molecular complexity index is 717. The number of rotatable bonds is 6. The summed E-state index contributed by atoms with van der Waals surface area (Å²) < 4.78 is 27.4. The van der Waals surface area contributed by atoms with Crippen LogP contribution in [0.5, 0.6) is 0 Å². The van der Waals surface area contributed by atoms with Crippen molar-refractivity contribution < 1.29 is 8.42 Å². The van der Waals surface area contributed by atoms with Gasteiger partial charge in [0.05, 0.1) is 16.0 Å². The number of hydrogen-bond donors (Lipinski definition) is 1. The average Bonchev–Trinajstić information content (AvgIpc) is 2.97. The highest BCUT2D eigenvalue weighted by Gasteiger charge is 2.22. The lowest BCUT2D eigenvalue weighted by molar-refractivity contribution is 0.402. The van der Waals surface area contributed by atoms with E-state index < -0.39 is 10.0 Å². The second-order valence-electron chi connectivity index (χ2n) is 6.06. The number of fused-ring (bicyclic) bond motifs is 1. The Labute approximate surface area is 141 Å². The molecule has 126 valence electrons. The summed E-state index contributed by atoms with van der Waals surface area (Å²) in [5.74, 6) is 0.643. The first kappa shape index (κ1) is 16.7. The topological polar surface area (TPSA) is 62.3 Å². The van der Waals surface area contributed by atoms with Crippen molar-refractivity contribution in [2.24, 2.45) is 5.92 Å². The number of nitrogens with zero attached hydrogens (tertiary/aromatic N) is 2. The smallest absolute Gasteiger partial charge is 0.211 e. The number of sulfonamides is 1. The van der Waals surface area contributed by atoms with Crippen LogP contribution in [-0.2, 0) is 10.0 Å². The molecule has 1 saturated heterocycles. The lowest BCUT2D eigenvalue weighted by atomic mass is 9.97. The van der Waals surface area contributed by atoms with Crippen LogP contribution < -0.4 is 9.62 Å². The summed E-state index contributed by atoms with van der Waals surface area (Å²) in [5.41, 5.74) is 1.06. The molecule has 0 aliphatic carbocycles. The maximum absolute atomic E-state index is 11.7. The summed E-state index contributed by atoms with van der Waals surface area (Å²) in [4.78, 5) is 7.03. The number of nitrogens with one attached hydrogen (secondary N) is 1. The van der Waals surface area contributed by atoms with Crippen LogP contribution in [0.4, 0.5) is 5.13 Å². The first-order chi connectivity index (χ1) is 11.1. The van der Waals surface area contributed by atoms with Crippen LogP contribution in [-0.4, -0.2) is 38.8 Å². The Kier molecular flexibility index (Phi) is 5.18. The summed E-state index contributed by atoms with van der Waals surface area (Å²) in [6.07, 6.45) is 2.67. The molecule has 0 unspecified atom stereocenters. The van der Waals surface area contributed by atoms with E-state index in [1.807, 2.05) is 25.1 Å². The van der Waals surface area contributed by atoms with Gasteiger partial charge in [-0.05, 0) is 37.3 Å². The van der Waals surface area contributed by atoms with E-state index in [-0.39, 0.29) is 5.75 Å². The first-order valence-corrected chi connectivity index (χ1v) is 10.6. The van der Waals surface area contributed by atoms with Gasteiger partial charge in [-0.15, -0.1) is 0 Å². The molecule has 5 nitrogen and oxygen atoms in total. The zero-order valence-corrected chi connectivity index (χ0v) is 15.0. The van der Waals surface area contributed by atoms with E-state index in [2.05, 4.69) is 15.7 Å². The van der Waals surface area contributed by atoms with Crippen LogP contribution >= 0.6 is 11.3 Å². The zero-order valence-electron chi connectivity index (χ0n) is 13.4. The highest BCUT2D eigenvalue weighted by Crippen LogP contribution is 2.31. The highest BCUT2D eigenvalue weighted by atomic mass is 32.2. The quantitative estimate of drug-likeness (QED) is 0.867. The largest absolute Gasteiger partial charge is 0.348 e. The number of anilines is 1. The molecule has 1 N–H and O–H groups in total. The molecule has 1 aliphatic heterocycles. The molecule has 2 heterocycles. The molecule has 23 heavy (non-hydrogen) atoms. The van der Waals surface area contributed by atoms with Gasteiger partial charge in [0.15, 0.2) is 5.13 Å². The Hall–Kier alpha value is -1.18. The lowest BCUT2D eigenvalue weighted by Gasteiger charge is -2.31. The van der Waals surface area contributed by atoms with E-state index >= 15 is 0 Å². The second kappa shape index (κ2) is 7.15. The van der Waals surface area contributed by atoms with E-state index in [0.717, 1.165) is 36.6 Å². The third-order valence-electron chi connectivity index (χ3n) is 4.23. The number of thiazole rings is 1. The van der Waals surface area contributed by atoms with Crippen LogP contribution in [0.3, 0.4) is 0 Å². The summed E-state index contributed by atoms with van der Waals surface area (Å²) in [5, 5.41) is 1.08. The van der Waals surface area contributed by atoms with Crippen LogP contribution in [0.15, 0.2) is 24.3 Å². The zero-order chi connectivity index (χ0) is 16.3. The fourth-order valence-corrected chi connectivity index (χ4v) is 5.10. The minimum atomic E-state index is -3.09. The lowest BCUT2D eigenvalue weighted by Crippen LogP contribution is -2.39. The summed E-state index contributed by atoms with van der Waals surface area (Å²) in [6.45, 7) is 4.34. The summed E-state index contributed by atoms with van der Waals surface area (Å²) >= 11 is 1.73. The minimum absolute atomic E-state index is 0.220. The third-order valence-corrected chi connectivity index (χ3v) is 6.88. The number of aromatic nitrogens is 1. The number of piperidine rings is 1. The monoisotopic (exact) mass is 353 g/mol. The molecule has 1 aliphatic rings. The van der Waals surface area contributed by atoms with Gasteiger partial charge in [-0.2, -0.15) is 0 Å². The molecule has 0 amide bonds. The van der Waals surface area contributed by atoms with Crippen LogP contribution in [0.1, 0.15) is 26.2 Å². The van der Waals surface area contributed by atoms with Crippen molar-refractivity contribution in [3.63, 3.8) is 0 Å². The van der Waals surface area contributed by atoms with Crippen molar-refractivity contribution in [2.75, 3.05) is 30.3 Å². The van der Waals surface area contributed by atoms with Crippen LogP contribution in [0.25, 0.3) is 10.2 Å². The molecule has 0 atom stereocenters. The average molecular weight is 354 g/mol. The standard InChI is InChI=1S/C16H23N3O2S2/c1-2-11-23(20,21)17-12-13-7-9-19(10-8-13)16-18-14-5-3-4-6-15(14)22-16/h3-6,13,17H,2,7-12H2,1H3. The van der Waals surface area contributed by atoms with Crippen molar-refractivity contribution in [3.8, 4) is 0 Å². The minimum Gasteiger partial charge on any atom is -0.348 e. The first-order valence-electron chi connectivity index (χ1n) is 8.15. The number of para-hydroxylation sites is 1. The van der Waals surface area contributed by atoms with Gasteiger partial charge in [0, 0.05) is 19.6 Å². The molecule has 0 radical (unpaired) electrons. The fourth-order valence-electron chi connectivity index (χ4n) is 2.91. The molecular formula is C16H23N3O2S2. The van der Waals surface area contributed by atoms with Crippen LogP contribution in [0, 0.1) is 5.92 Å². The van der Waals surface area contributed by atoms with E-state index in [4.69, 9.17) is 4.98 Å². The van der Waals surface area contributed by atoms with E-state index in [0.29, 0.717) is 18.9 Å². The van der Waals surface area contributed by atoms with Crippen molar-refractivity contribution in [2.45, 2.75) is 26.2 Å². The van der Waals surface area contributed by atoms with Gasteiger partial charge in [-0.1, -0.05) is 30.4 Å². The Balaban J connectivity index is 1.54. The molecule has 1 aromatic carbocycles. The Morgan fingerprint density at radius 2 is 2.04 bits per heavy atom. The molecule has 2 aromatic rings. The molecular weight excluding hydrogens is 330 g/mol. The second-order valence-corrected chi connectivity index (χ2v) is 9.00.